The van der Waals surface area contributed by atoms with Crippen LogP contribution in [0.4, 0.5) is 0 Å². The van der Waals surface area contributed by atoms with E-state index < -0.39 is 5.24 Å². The second kappa shape index (κ2) is 6.32. The van der Waals surface area contributed by atoms with Crippen LogP contribution in [-0.2, 0) is 14.3 Å². The number of hydrogen-bond donors (Lipinski definition) is 1. The van der Waals surface area contributed by atoms with E-state index in [1.807, 2.05) is 13.8 Å². The zero-order chi connectivity index (χ0) is 10.3. The van der Waals surface area contributed by atoms with Crippen LogP contribution in [-0.4, -0.2) is 30.8 Å². The maximum Gasteiger partial charge on any atom is 0.247 e. The average Bonchev–Trinajstić information content (AvgIpc) is 1.98. The summed E-state index contributed by atoms with van der Waals surface area (Å²) in [6.07, 6.45) is 0.675. The second-order valence-electron chi connectivity index (χ2n) is 3.23. The molecule has 0 spiro atoms. The van der Waals surface area contributed by atoms with Crippen LogP contribution >= 0.6 is 11.6 Å². The van der Waals surface area contributed by atoms with Gasteiger partial charge in [0.2, 0.25) is 5.24 Å². The van der Waals surface area contributed by atoms with Gasteiger partial charge in [0.15, 0.2) is 0 Å². The molecule has 0 aliphatic heterocycles. The maximum absolute atomic E-state index is 10.3. The van der Waals surface area contributed by atoms with Crippen molar-refractivity contribution in [3.8, 4) is 0 Å². The predicted octanol–water partition coefficient (Wildman–Crippen LogP) is 0.870. The van der Waals surface area contributed by atoms with Gasteiger partial charge in [-0.15, -0.1) is 0 Å². The molecule has 5 heteroatoms. The lowest BCUT2D eigenvalue weighted by Crippen LogP contribution is -2.29. The molecule has 0 rings (SSSR count). The minimum Gasteiger partial charge on any atom is -0.372 e. The fourth-order valence-corrected chi connectivity index (χ4v) is 0.845. The van der Waals surface area contributed by atoms with Crippen LogP contribution in [0.2, 0.25) is 0 Å². The van der Waals surface area contributed by atoms with Crippen molar-refractivity contribution in [2.75, 3.05) is 19.9 Å². The van der Waals surface area contributed by atoms with Crippen LogP contribution in [0.3, 0.4) is 0 Å². The number of nitrogens with two attached hydrogens (primary N) is 1. The highest BCUT2D eigenvalue weighted by molar-refractivity contribution is 6.63. The van der Waals surface area contributed by atoms with E-state index in [1.54, 1.807) is 0 Å². The summed E-state index contributed by atoms with van der Waals surface area (Å²) in [5.41, 5.74) is 4.91. The third-order valence-electron chi connectivity index (χ3n) is 1.54. The number of hydrogen-bond acceptors (Lipinski definition) is 4. The molecule has 4 nitrogen and oxygen atoms in total. The highest BCUT2D eigenvalue weighted by Crippen LogP contribution is 2.13. The van der Waals surface area contributed by atoms with E-state index in [1.165, 1.54) is 0 Å². The Balaban J connectivity index is 3.45. The highest BCUT2D eigenvalue weighted by atomic mass is 35.5. The van der Waals surface area contributed by atoms with Crippen molar-refractivity contribution in [3.05, 3.63) is 0 Å². The van der Waals surface area contributed by atoms with Gasteiger partial charge < -0.3 is 15.2 Å². The summed E-state index contributed by atoms with van der Waals surface area (Å²) >= 11 is 5.07. The van der Waals surface area contributed by atoms with Gasteiger partial charge in [-0.25, -0.2) is 0 Å². The molecule has 0 radical (unpaired) electrons. The number of ether oxygens (including phenoxy) is 2. The highest BCUT2D eigenvalue weighted by Gasteiger charge is 2.17. The molecule has 0 saturated heterocycles. The predicted molar refractivity (Wildman–Crippen MR) is 50.5 cm³/mol. The molecule has 0 aromatic heterocycles. The van der Waals surface area contributed by atoms with Crippen molar-refractivity contribution in [2.45, 2.75) is 25.9 Å². The van der Waals surface area contributed by atoms with Gasteiger partial charge in [0.05, 0.1) is 12.3 Å². The lowest BCUT2D eigenvalue weighted by molar-refractivity contribution is -0.116. The first-order valence-corrected chi connectivity index (χ1v) is 4.46. The van der Waals surface area contributed by atoms with Crippen molar-refractivity contribution in [3.63, 3.8) is 0 Å². The minimum absolute atomic E-state index is 0.0553. The quantitative estimate of drug-likeness (QED) is 0.384. The SMILES string of the molecule is CC(C)(CCOCC(=O)Cl)OCN. The monoisotopic (exact) mass is 209 g/mol. The molecule has 0 bridgehead atoms. The van der Waals surface area contributed by atoms with Gasteiger partial charge in [-0.1, -0.05) is 0 Å². The molecular formula is C8H16ClNO3. The number of carbonyl (C=O) groups excluding carboxylic acids is 1. The first-order chi connectivity index (χ1) is 5.98. The van der Waals surface area contributed by atoms with E-state index in [9.17, 15) is 4.79 Å². The van der Waals surface area contributed by atoms with Crippen LogP contribution in [0.15, 0.2) is 0 Å². The average molecular weight is 210 g/mol. The Hall–Kier alpha value is -0.160. The summed E-state index contributed by atoms with van der Waals surface area (Å²) in [6.45, 7) is 4.38. The Morgan fingerprint density at radius 1 is 1.54 bits per heavy atom. The summed E-state index contributed by atoms with van der Waals surface area (Å²) in [7, 11) is 0. The van der Waals surface area contributed by atoms with Crippen LogP contribution in [0.25, 0.3) is 0 Å². The zero-order valence-corrected chi connectivity index (χ0v) is 8.76. The van der Waals surface area contributed by atoms with Crippen LogP contribution in [0.1, 0.15) is 20.3 Å². The van der Waals surface area contributed by atoms with E-state index in [2.05, 4.69) is 0 Å². The zero-order valence-electron chi connectivity index (χ0n) is 8.01. The van der Waals surface area contributed by atoms with Crippen molar-refractivity contribution < 1.29 is 14.3 Å². The van der Waals surface area contributed by atoms with E-state index in [0.717, 1.165) is 0 Å². The molecule has 0 heterocycles. The number of rotatable bonds is 7. The van der Waals surface area contributed by atoms with Crippen molar-refractivity contribution in [1.82, 2.24) is 0 Å². The molecule has 2 N–H and O–H groups in total. The summed E-state index contributed by atoms with van der Waals surface area (Å²) in [5.74, 6) is 0. The molecular weight excluding hydrogens is 194 g/mol. The maximum atomic E-state index is 10.3. The molecule has 0 saturated carbocycles. The molecule has 0 aromatic rings. The fourth-order valence-electron chi connectivity index (χ4n) is 0.768. The molecule has 78 valence electrons. The molecule has 0 unspecified atom stereocenters. The summed E-state index contributed by atoms with van der Waals surface area (Å²) < 4.78 is 10.2. The first kappa shape index (κ1) is 12.8. The summed E-state index contributed by atoms with van der Waals surface area (Å²) in [6, 6.07) is 0. The Kier molecular flexibility index (Phi) is 6.24. The van der Waals surface area contributed by atoms with Crippen molar-refractivity contribution >= 4 is 16.8 Å². The standard InChI is InChI=1S/C8H16ClNO3/c1-8(2,13-6-10)3-4-12-5-7(9)11/h3-6,10H2,1-2H3. The van der Waals surface area contributed by atoms with E-state index >= 15 is 0 Å². The Morgan fingerprint density at radius 2 is 2.15 bits per heavy atom. The summed E-state index contributed by atoms with van der Waals surface area (Å²) in [4.78, 5) is 10.3. The summed E-state index contributed by atoms with van der Waals surface area (Å²) in [5, 5.41) is -0.488. The van der Waals surface area contributed by atoms with Crippen LogP contribution in [0, 0.1) is 0 Å². The van der Waals surface area contributed by atoms with Gasteiger partial charge in [-0.2, -0.15) is 0 Å². The van der Waals surface area contributed by atoms with Gasteiger partial charge in [-0.3, -0.25) is 4.79 Å². The molecule has 0 fully saturated rings. The number of carbonyl (C=O) groups is 1. The molecule has 0 amide bonds. The molecule has 0 aliphatic rings. The first-order valence-electron chi connectivity index (χ1n) is 4.08. The van der Waals surface area contributed by atoms with E-state index in [-0.39, 0.29) is 18.9 Å². The van der Waals surface area contributed by atoms with Gasteiger partial charge >= 0.3 is 0 Å². The largest absolute Gasteiger partial charge is 0.372 e. The van der Waals surface area contributed by atoms with Crippen LogP contribution in [0.5, 0.6) is 0 Å². The van der Waals surface area contributed by atoms with Gasteiger partial charge in [0.1, 0.15) is 6.61 Å². The van der Waals surface area contributed by atoms with Gasteiger partial charge in [0.25, 0.3) is 0 Å². The van der Waals surface area contributed by atoms with Crippen molar-refractivity contribution in [1.29, 1.82) is 0 Å². The normalized spacial score (nSPS) is 11.7. The minimum atomic E-state index is -0.488. The Morgan fingerprint density at radius 3 is 2.62 bits per heavy atom. The Labute approximate surface area is 83.3 Å². The third-order valence-corrected chi connectivity index (χ3v) is 1.65. The fraction of sp³-hybridized carbons (Fsp3) is 0.875. The van der Waals surface area contributed by atoms with Gasteiger partial charge in [0, 0.05) is 6.61 Å². The molecule has 13 heavy (non-hydrogen) atoms. The van der Waals surface area contributed by atoms with Crippen molar-refractivity contribution in [2.24, 2.45) is 5.73 Å². The second-order valence-corrected chi connectivity index (χ2v) is 3.65. The third kappa shape index (κ3) is 8.18. The topological polar surface area (TPSA) is 61.5 Å². The van der Waals surface area contributed by atoms with Crippen LogP contribution < -0.4 is 5.73 Å². The van der Waals surface area contributed by atoms with E-state index in [0.29, 0.717) is 13.0 Å². The Bertz CT molecular complexity index is 161. The molecule has 0 atom stereocenters. The van der Waals surface area contributed by atoms with Gasteiger partial charge in [-0.05, 0) is 31.9 Å². The lowest BCUT2D eigenvalue weighted by Gasteiger charge is -2.23. The lowest BCUT2D eigenvalue weighted by atomic mass is 10.1. The molecule has 0 aromatic carbocycles. The molecule has 0 aliphatic carbocycles. The smallest absolute Gasteiger partial charge is 0.247 e. The van der Waals surface area contributed by atoms with E-state index in [4.69, 9.17) is 26.8 Å². The number of halogens is 1.